The molecule has 2 aromatic carbocycles. The third-order valence-corrected chi connectivity index (χ3v) is 6.68. The van der Waals surface area contributed by atoms with Crippen LogP contribution in [-0.2, 0) is 11.5 Å². The number of aromatic nitrogens is 2. The Hall–Kier alpha value is -2.77. The first-order valence-electron chi connectivity index (χ1n) is 10.2. The van der Waals surface area contributed by atoms with Gasteiger partial charge in [0.2, 0.25) is 0 Å². The molecule has 158 valence electrons. The molecule has 0 spiro atoms. The van der Waals surface area contributed by atoms with E-state index in [1.54, 1.807) is 18.2 Å². The Labute approximate surface area is 178 Å². The fourth-order valence-corrected chi connectivity index (χ4v) is 4.02. The first-order valence-corrected chi connectivity index (χ1v) is 13.9. The average Bonchev–Trinajstić information content (AvgIpc) is 3.15. The number of fused-ring (bicyclic) bond motifs is 1. The average molecular weight is 425 g/mol. The Bertz CT molecular complexity index is 998. The molecule has 1 atom stereocenters. The van der Waals surface area contributed by atoms with E-state index in [1.165, 1.54) is 0 Å². The molecular formula is C23H28N2O4Si. The zero-order valence-corrected chi connectivity index (χ0v) is 18.7. The van der Waals surface area contributed by atoms with Gasteiger partial charge in [0, 0.05) is 32.5 Å². The lowest BCUT2D eigenvalue weighted by atomic mass is 10.2. The highest BCUT2D eigenvalue weighted by atomic mass is 28.3. The number of phenols is 1. The predicted molar refractivity (Wildman–Crippen MR) is 119 cm³/mol. The number of hydrogen-bond acceptors (Lipinski definition) is 5. The number of benzene rings is 2. The van der Waals surface area contributed by atoms with Gasteiger partial charge in [-0.2, -0.15) is 0 Å². The summed E-state index contributed by atoms with van der Waals surface area (Å²) in [5.41, 5.74) is 1.90. The maximum atomic E-state index is 9.79. The Morgan fingerprint density at radius 2 is 1.93 bits per heavy atom. The zero-order chi connectivity index (χ0) is 21.1. The molecule has 0 radical (unpaired) electrons. The lowest BCUT2D eigenvalue weighted by Gasteiger charge is -2.26. The van der Waals surface area contributed by atoms with Crippen LogP contribution in [0.15, 0.2) is 54.7 Å². The second-order valence-corrected chi connectivity index (χ2v) is 14.3. The van der Waals surface area contributed by atoms with Crippen LogP contribution in [0.25, 0.3) is 11.3 Å². The van der Waals surface area contributed by atoms with Crippen molar-refractivity contribution in [3.63, 3.8) is 0 Å². The smallest absolute Gasteiger partial charge is 0.190 e. The van der Waals surface area contributed by atoms with E-state index in [0.29, 0.717) is 24.8 Å². The Morgan fingerprint density at radius 1 is 1.13 bits per heavy atom. The summed E-state index contributed by atoms with van der Waals surface area (Å²) < 4.78 is 20.0. The van der Waals surface area contributed by atoms with E-state index in [1.807, 2.05) is 41.1 Å². The predicted octanol–water partition coefficient (Wildman–Crippen LogP) is 5.08. The van der Waals surface area contributed by atoms with Crippen molar-refractivity contribution in [3.05, 3.63) is 60.6 Å². The van der Waals surface area contributed by atoms with Gasteiger partial charge in [0.05, 0.1) is 5.69 Å². The molecule has 0 saturated heterocycles. The number of ether oxygens (including phenoxy) is 3. The number of phenolic OH excluding ortho intramolecular Hbond substituents is 1. The molecule has 0 bridgehead atoms. The summed E-state index contributed by atoms with van der Waals surface area (Å²) >= 11 is 0. The van der Waals surface area contributed by atoms with Gasteiger partial charge in [-0.05, 0) is 18.2 Å². The van der Waals surface area contributed by atoms with E-state index >= 15 is 0 Å². The van der Waals surface area contributed by atoms with Gasteiger partial charge >= 0.3 is 0 Å². The number of rotatable bonds is 7. The highest BCUT2D eigenvalue weighted by Gasteiger charge is 2.28. The minimum Gasteiger partial charge on any atom is -0.508 e. The number of hydrogen-bond donors (Lipinski definition) is 1. The van der Waals surface area contributed by atoms with Crippen LogP contribution in [0.1, 0.15) is 11.9 Å². The highest BCUT2D eigenvalue weighted by Crippen LogP contribution is 2.38. The Kier molecular flexibility index (Phi) is 5.83. The van der Waals surface area contributed by atoms with Crippen molar-refractivity contribution in [2.45, 2.75) is 38.5 Å². The van der Waals surface area contributed by atoms with Crippen LogP contribution in [0.3, 0.4) is 0 Å². The molecule has 1 aliphatic rings. The molecule has 1 aromatic heterocycles. The van der Waals surface area contributed by atoms with E-state index in [2.05, 4.69) is 19.6 Å². The third kappa shape index (κ3) is 4.85. The molecule has 6 nitrogen and oxygen atoms in total. The second-order valence-electron chi connectivity index (χ2n) is 8.72. The lowest BCUT2D eigenvalue weighted by molar-refractivity contribution is 0.0574. The number of imidazole rings is 1. The van der Waals surface area contributed by atoms with Gasteiger partial charge in [-0.1, -0.05) is 50.0 Å². The van der Waals surface area contributed by atoms with Crippen molar-refractivity contribution >= 4 is 8.07 Å². The van der Waals surface area contributed by atoms with Crippen molar-refractivity contribution in [2.75, 3.05) is 13.2 Å². The fourth-order valence-electron chi connectivity index (χ4n) is 3.27. The molecule has 1 N–H and O–H groups in total. The number of aromatic hydroxyl groups is 1. The van der Waals surface area contributed by atoms with Crippen LogP contribution in [0, 0.1) is 0 Å². The molecular weight excluding hydrogens is 396 g/mol. The van der Waals surface area contributed by atoms with E-state index in [9.17, 15) is 5.11 Å². The van der Waals surface area contributed by atoms with Crippen LogP contribution >= 0.6 is 0 Å². The van der Waals surface area contributed by atoms with Crippen molar-refractivity contribution in [1.29, 1.82) is 0 Å². The van der Waals surface area contributed by atoms with Crippen LogP contribution in [-0.4, -0.2) is 35.9 Å². The monoisotopic (exact) mass is 424 g/mol. The minimum atomic E-state index is -1.15. The van der Waals surface area contributed by atoms with Crippen LogP contribution < -0.4 is 9.47 Å². The Balaban J connectivity index is 1.58. The summed E-state index contributed by atoms with van der Waals surface area (Å²) in [5, 5.41) is 9.79. The maximum absolute atomic E-state index is 9.79. The Morgan fingerprint density at radius 3 is 2.70 bits per heavy atom. The van der Waals surface area contributed by atoms with Gasteiger partial charge in [-0.3, -0.25) is 0 Å². The third-order valence-electron chi connectivity index (χ3n) is 4.98. The van der Waals surface area contributed by atoms with E-state index in [-0.39, 0.29) is 5.75 Å². The molecule has 30 heavy (non-hydrogen) atoms. The molecule has 4 rings (SSSR count). The molecule has 0 unspecified atom stereocenters. The fraction of sp³-hybridized carbons (Fsp3) is 0.348. The van der Waals surface area contributed by atoms with Gasteiger partial charge in [0.15, 0.2) is 23.4 Å². The summed E-state index contributed by atoms with van der Waals surface area (Å²) in [4.78, 5) is 4.85. The molecule has 0 fully saturated rings. The normalized spacial score (nSPS) is 15.9. The van der Waals surface area contributed by atoms with Crippen molar-refractivity contribution < 1.29 is 19.3 Å². The molecule has 7 heteroatoms. The van der Waals surface area contributed by atoms with Crippen molar-refractivity contribution in [1.82, 2.24) is 9.55 Å². The molecule has 1 aliphatic heterocycles. The first kappa shape index (κ1) is 20.5. The van der Waals surface area contributed by atoms with E-state index < -0.39 is 14.2 Å². The lowest BCUT2D eigenvalue weighted by Crippen LogP contribution is -2.25. The van der Waals surface area contributed by atoms with Crippen molar-refractivity contribution in [2.24, 2.45) is 0 Å². The zero-order valence-electron chi connectivity index (χ0n) is 17.7. The van der Waals surface area contributed by atoms with E-state index in [0.717, 1.165) is 29.7 Å². The molecule has 0 saturated carbocycles. The van der Waals surface area contributed by atoms with Crippen molar-refractivity contribution in [3.8, 4) is 28.5 Å². The van der Waals surface area contributed by atoms with Crippen LogP contribution in [0.5, 0.6) is 17.2 Å². The maximum Gasteiger partial charge on any atom is 0.190 e. The standard InChI is InChI=1S/C23H28N2O4Si/c1-30(2,3)12-11-27-16-25-14-19(17-7-5-4-6-8-17)24-23(25)22-15-28-20-10-9-18(26)13-21(20)29-22/h4-10,13-14,22,26H,11-12,15-16H2,1-3H3/t22-/m1/s1. The van der Waals surface area contributed by atoms with Gasteiger partial charge in [-0.15, -0.1) is 0 Å². The van der Waals surface area contributed by atoms with Gasteiger partial charge in [0.1, 0.15) is 19.1 Å². The highest BCUT2D eigenvalue weighted by molar-refractivity contribution is 6.76. The summed E-state index contributed by atoms with van der Waals surface area (Å²) in [6.45, 7) is 8.50. The van der Waals surface area contributed by atoms with Crippen LogP contribution in [0.4, 0.5) is 0 Å². The minimum absolute atomic E-state index is 0.140. The SMILES string of the molecule is C[Si](C)(C)CCOCn1cc(-c2ccccc2)nc1[C@H]1COc2ccc(O)cc2O1. The summed E-state index contributed by atoms with van der Waals surface area (Å²) in [6, 6.07) is 16.0. The molecule has 0 amide bonds. The topological polar surface area (TPSA) is 65.7 Å². The largest absolute Gasteiger partial charge is 0.508 e. The van der Waals surface area contributed by atoms with Gasteiger partial charge in [0.25, 0.3) is 0 Å². The van der Waals surface area contributed by atoms with E-state index in [4.69, 9.17) is 19.2 Å². The molecule has 0 aliphatic carbocycles. The summed E-state index contributed by atoms with van der Waals surface area (Å²) in [6.07, 6.45) is 1.61. The molecule has 3 aromatic rings. The quantitative estimate of drug-likeness (QED) is 0.423. The van der Waals surface area contributed by atoms with Gasteiger partial charge < -0.3 is 23.9 Å². The second kappa shape index (κ2) is 8.53. The van der Waals surface area contributed by atoms with Crippen LogP contribution in [0.2, 0.25) is 25.7 Å². The van der Waals surface area contributed by atoms with Gasteiger partial charge in [-0.25, -0.2) is 4.98 Å². The first-order chi connectivity index (χ1) is 14.4. The molecule has 2 heterocycles. The number of nitrogens with zero attached hydrogens (tertiary/aromatic N) is 2. The summed E-state index contributed by atoms with van der Waals surface area (Å²) in [5.74, 6) is 2.02. The summed E-state index contributed by atoms with van der Waals surface area (Å²) in [7, 11) is -1.15.